The van der Waals surface area contributed by atoms with Crippen LogP contribution in [0, 0.1) is 0 Å². The van der Waals surface area contributed by atoms with Crippen molar-refractivity contribution >= 4 is 15.0 Å². The molecule has 0 radical (unpaired) electrons. The van der Waals surface area contributed by atoms with Crippen molar-refractivity contribution in [1.82, 2.24) is 0 Å². The van der Waals surface area contributed by atoms with E-state index in [1.54, 1.807) is 0 Å². The predicted octanol–water partition coefficient (Wildman–Crippen LogP) is 0.785. The zero-order valence-corrected chi connectivity index (χ0v) is 7.84. The number of rotatable bonds is 1. The lowest BCUT2D eigenvalue weighted by atomic mass is 10.8. The number of hydrogen-bond donors (Lipinski definition) is 0. The predicted molar refractivity (Wildman–Crippen MR) is 43.6 cm³/mol. The fourth-order valence-corrected chi connectivity index (χ4v) is 0.941. The molecule has 1 atom stereocenters. The van der Waals surface area contributed by atoms with E-state index in [9.17, 15) is 12.8 Å². The van der Waals surface area contributed by atoms with Gasteiger partial charge < -0.3 is 0 Å². The Morgan fingerprint density at radius 2 is 2.00 bits per heavy atom. The highest BCUT2D eigenvalue weighted by atomic mass is 32.2. The van der Waals surface area contributed by atoms with E-state index < -0.39 is 21.3 Å². The first kappa shape index (κ1) is 11.2. The van der Waals surface area contributed by atoms with E-state index in [0.29, 0.717) is 0 Å². The van der Waals surface area contributed by atoms with E-state index in [1.807, 2.05) is 0 Å². The van der Waals surface area contributed by atoms with Gasteiger partial charge in [0.2, 0.25) is 16.1 Å². The van der Waals surface area contributed by atoms with Gasteiger partial charge in [-0.25, -0.2) is 12.8 Å². The summed E-state index contributed by atoms with van der Waals surface area (Å²) in [5.74, 6) is 0. The highest BCUT2D eigenvalue weighted by molar-refractivity contribution is 8.05. The Bertz CT molecular complexity index is 294. The van der Waals surface area contributed by atoms with Crippen molar-refractivity contribution in [2.45, 2.75) is 13.2 Å². The van der Waals surface area contributed by atoms with Crippen molar-refractivity contribution < 1.29 is 12.8 Å². The topological polar surface area (TPSA) is 71.2 Å². The molecule has 0 saturated carbocycles. The smallest absolute Gasteiger partial charge is 0.258 e. The van der Waals surface area contributed by atoms with Crippen molar-refractivity contribution in [3.63, 3.8) is 0 Å². The molecule has 1 unspecified atom stereocenters. The third-order valence-electron chi connectivity index (χ3n) is 0.825. The number of azo groups is 1. The van der Waals surface area contributed by atoms with Crippen LogP contribution in [0.4, 0.5) is 4.39 Å². The van der Waals surface area contributed by atoms with Gasteiger partial charge in [0.1, 0.15) is 0 Å². The molecule has 0 aliphatic heterocycles. The standard InChI is InChI=1S/C5H10FN3O2S/c1-4(6)8-9-5(7-2)12(3,10)11/h4H,1-3H3. The zero-order chi connectivity index (χ0) is 9.78. The van der Waals surface area contributed by atoms with Gasteiger partial charge in [0.15, 0.2) is 0 Å². The normalized spacial score (nSPS) is 16.8. The summed E-state index contributed by atoms with van der Waals surface area (Å²) in [6.07, 6.45) is -0.597. The highest BCUT2D eigenvalue weighted by Gasteiger charge is 2.11. The first-order valence-corrected chi connectivity index (χ1v) is 4.99. The van der Waals surface area contributed by atoms with Gasteiger partial charge in [-0.2, -0.15) is 0 Å². The highest BCUT2D eigenvalue weighted by Crippen LogP contribution is 1.97. The van der Waals surface area contributed by atoms with E-state index in [2.05, 4.69) is 15.2 Å². The molecule has 0 aliphatic rings. The Morgan fingerprint density at radius 1 is 1.50 bits per heavy atom. The van der Waals surface area contributed by atoms with E-state index in [-0.39, 0.29) is 0 Å². The average Bonchev–Trinajstić information content (AvgIpc) is 1.85. The molecular weight excluding hydrogens is 185 g/mol. The molecule has 0 spiro atoms. The Hall–Kier alpha value is -0.850. The van der Waals surface area contributed by atoms with Crippen LogP contribution in [-0.4, -0.2) is 33.2 Å². The molecule has 0 heterocycles. The maximum Gasteiger partial charge on any atom is 0.261 e. The first-order valence-electron chi connectivity index (χ1n) is 3.09. The fourth-order valence-electron chi connectivity index (χ4n) is 0.414. The van der Waals surface area contributed by atoms with Crippen LogP contribution >= 0.6 is 0 Å². The van der Waals surface area contributed by atoms with Gasteiger partial charge in [0, 0.05) is 13.3 Å². The summed E-state index contributed by atoms with van der Waals surface area (Å²) < 4.78 is 33.6. The summed E-state index contributed by atoms with van der Waals surface area (Å²) >= 11 is 0. The number of aliphatic imine (C=N–C) groups is 1. The number of nitrogens with zero attached hydrogens (tertiary/aromatic N) is 3. The molecule has 0 aromatic rings. The van der Waals surface area contributed by atoms with Crippen LogP contribution in [0.3, 0.4) is 0 Å². The van der Waals surface area contributed by atoms with Crippen LogP contribution < -0.4 is 0 Å². The summed E-state index contributed by atoms with van der Waals surface area (Å²) in [5, 5.41) is 5.67. The Morgan fingerprint density at radius 3 is 2.25 bits per heavy atom. The van der Waals surface area contributed by atoms with E-state index in [0.717, 1.165) is 13.2 Å². The summed E-state index contributed by atoms with van der Waals surface area (Å²) in [7, 11) is -2.24. The van der Waals surface area contributed by atoms with Crippen molar-refractivity contribution in [3.8, 4) is 0 Å². The lowest BCUT2D eigenvalue weighted by Gasteiger charge is -1.93. The Balaban J connectivity index is 4.66. The fraction of sp³-hybridized carbons (Fsp3) is 0.800. The van der Waals surface area contributed by atoms with Crippen LogP contribution in [0.5, 0.6) is 0 Å². The van der Waals surface area contributed by atoms with Crippen LogP contribution in [0.2, 0.25) is 0 Å². The molecule has 0 aliphatic carbocycles. The number of amidine groups is 1. The molecule has 0 aromatic carbocycles. The van der Waals surface area contributed by atoms with Gasteiger partial charge in [-0.05, 0) is 6.92 Å². The lowest BCUT2D eigenvalue weighted by molar-refractivity contribution is 0.364. The van der Waals surface area contributed by atoms with Crippen LogP contribution in [0.1, 0.15) is 6.92 Å². The third kappa shape index (κ3) is 4.12. The second-order valence-corrected chi connectivity index (χ2v) is 3.98. The number of alkyl halides is 1. The van der Waals surface area contributed by atoms with E-state index in [1.165, 1.54) is 7.05 Å². The first-order chi connectivity index (χ1) is 5.38. The van der Waals surface area contributed by atoms with Gasteiger partial charge in [-0.1, -0.05) is 0 Å². The summed E-state index contributed by atoms with van der Waals surface area (Å²) in [4.78, 5) is 3.33. The minimum absolute atomic E-state index is 0.466. The van der Waals surface area contributed by atoms with Crippen molar-refractivity contribution in [1.29, 1.82) is 0 Å². The second-order valence-electron chi connectivity index (χ2n) is 2.07. The molecule has 0 rings (SSSR count). The maximum absolute atomic E-state index is 12.1. The van der Waals surface area contributed by atoms with E-state index >= 15 is 0 Å². The van der Waals surface area contributed by atoms with Gasteiger partial charge in [-0.3, -0.25) is 4.99 Å². The number of sulfone groups is 1. The summed E-state index contributed by atoms with van der Waals surface area (Å²) in [6, 6.07) is 0. The second kappa shape index (κ2) is 4.24. The molecule has 0 aromatic heterocycles. The Kier molecular flexibility index (Phi) is 3.94. The quantitative estimate of drug-likeness (QED) is 0.268. The van der Waals surface area contributed by atoms with E-state index in [4.69, 9.17) is 0 Å². The SMILES string of the molecule is CN=C(N=NC(C)F)S(C)(=O)=O. The molecule has 0 bridgehead atoms. The van der Waals surface area contributed by atoms with Crippen LogP contribution in [0.15, 0.2) is 15.2 Å². The van der Waals surface area contributed by atoms with Crippen LogP contribution in [0.25, 0.3) is 0 Å². The van der Waals surface area contributed by atoms with Gasteiger partial charge >= 0.3 is 0 Å². The maximum atomic E-state index is 12.1. The van der Waals surface area contributed by atoms with Crippen LogP contribution in [-0.2, 0) is 9.84 Å². The summed E-state index contributed by atoms with van der Waals surface area (Å²) in [5.41, 5.74) is 0. The number of halogens is 1. The van der Waals surface area contributed by atoms with Crippen molar-refractivity contribution in [2.75, 3.05) is 13.3 Å². The van der Waals surface area contributed by atoms with Crippen molar-refractivity contribution in [3.05, 3.63) is 0 Å². The van der Waals surface area contributed by atoms with Gasteiger partial charge in [0.05, 0.1) is 0 Å². The monoisotopic (exact) mass is 195 g/mol. The summed E-state index contributed by atoms with van der Waals surface area (Å²) in [6.45, 7) is 1.14. The minimum atomic E-state index is -3.49. The molecule has 5 nitrogen and oxygen atoms in total. The molecule has 70 valence electrons. The lowest BCUT2D eigenvalue weighted by Crippen LogP contribution is -2.09. The minimum Gasteiger partial charge on any atom is -0.258 e. The Labute approximate surface area is 70.3 Å². The zero-order valence-electron chi connectivity index (χ0n) is 7.02. The molecule has 0 N–H and O–H groups in total. The molecule has 12 heavy (non-hydrogen) atoms. The molecule has 0 fully saturated rings. The molecule has 0 amide bonds. The van der Waals surface area contributed by atoms with Gasteiger partial charge in [0.25, 0.3) is 5.17 Å². The largest absolute Gasteiger partial charge is 0.261 e. The van der Waals surface area contributed by atoms with Crippen molar-refractivity contribution in [2.24, 2.45) is 15.2 Å². The molecule has 0 saturated heterocycles. The van der Waals surface area contributed by atoms with Gasteiger partial charge in [-0.15, -0.1) is 10.2 Å². The molecule has 7 heteroatoms. The molecular formula is C5H10FN3O2S. The average molecular weight is 195 g/mol. The third-order valence-corrected chi connectivity index (χ3v) is 1.75. The number of hydrogen-bond acceptors (Lipinski definition) is 4.